The number of nitrogens with one attached hydrogen (secondary N) is 1. The van der Waals surface area contributed by atoms with Crippen LogP contribution in [0.4, 0.5) is 4.79 Å². The van der Waals surface area contributed by atoms with Crippen LogP contribution in [0.5, 0.6) is 0 Å². The minimum Gasteiger partial charge on any atom is -0.365 e. The third kappa shape index (κ3) is 5.00. The normalized spacial score (nSPS) is 19.4. The highest BCUT2D eigenvalue weighted by Gasteiger charge is 2.27. The SMILES string of the molecule is CCN(CC)C(=O)NCC1CN(CC(C)C)C(=O)CO1. The van der Waals surface area contributed by atoms with Crippen molar-refractivity contribution in [2.75, 3.05) is 39.3 Å². The monoisotopic (exact) mass is 285 g/mol. The van der Waals surface area contributed by atoms with Crippen LogP contribution in [-0.4, -0.2) is 67.2 Å². The molecule has 1 aliphatic rings. The Balaban J connectivity index is 2.41. The number of rotatable bonds is 6. The van der Waals surface area contributed by atoms with E-state index >= 15 is 0 Å². The Morgan fingerprint density at radius 1 is 1.45 bits per heavy atom. The number of hydrogen-bond donors (Lipinski definition) is 1. The van der Waals surface area contributed by atoms with Crippen LogP contribution >= 0.6 is 0 Å². The molecule has 6 heteroatoms. The zero-order chi connectivity index (χ0) is 15.1. The Morgan fingerprint density at radius 2 is 2.10 bits per heavy atom. The predicted molar refractivity (Wildman–Crippen MR) is 77.5 cm³/mol. The molecule has 0 bridgehead atoms. The van der Waals surface area contributed by atoms with Crippen LogP contribution in [0.3, 0.4) is 0 Å². The Kier molecular flexibility index (Phi) is 6.78. The molecule has 116 valence electrons. The van der Waals surface area contributed by atoms with E-state index in [1.165, 1.54) is 0 Å². The maximum absolute atomic E-state index is 11.9. The van der Waals surface area contributed by atoms with Crippen molar-refractivity contribution in [3.05, 3.63) is 0 Å². The Labute approximate surface area is 121 Å². The van der Waals surface area contributed by atoms with Gasteiger partial charge in [-0.25, -0.2) is 4.79 Å². The molecule has 6 nitrogen and oxygen atoms in total. The molecule has 1 rings (SSSR count). The second-order valence-corrected chi connectivity index (χ2v) is 5.48. The molecule has 0 radical (unpaired) electrons. The second-order valence-electron chi connectivity index (χ2n) is 5.48. The fraction of sp³-hybridized carbons (Fsp3) is 0.857. The number of carbonyl (C=O) groups is 2. The number of ether oxygens (including phenoxy) is 1. The quantitative estimate of drug-likeness (QED) is 0.789. The highest BCUT2D eigenvalue weighted by atomic mass is 16.5. The molecule has 20 heavy (non-hydrogen) atoms. The first kappa shape index (κ1) is 16.8. The molecule has 1 N–H and O–H groups in total. The molecular weight excluding hydrogens is 258 g/mol. The fourth-order valence-electron chi connectivity index (χ4n) is 2.25. The lowest BCUT2D eigenvalue weighted by Crippen LogP contribution is -2.52. The van der Waals surface area contributed by atoms with E-state index in [4.69, 9.17) is 4.74 Å². The maximum atomic E-state index is 11.9. The number of urea groups is 1. The molecule has 1 saturated heterocycles. The van der Waals surface area contributed by atoms with Crippen molar-refractivity contribution in [1.29, 1.82) is 0 Å². The van der Waals surface area contributed by atoms with Gasteiger partial charge in [0.1, 0.15) is 6.61 Å². The average Bonchev–Trinajstić information content (AvgIpc) is 2.40. The molecule has 0 aromatic heterocycles. The highest BCUT2D eigenvalue weighted by Crippen LogP contribution is 2.09. The number of hydrogen-bond acceptors (Lipinski definition) is 3. The molecule has 0 aromatic carbocycles. The summed E-state index contributed by atoms with van der Waals surface area (Å²) in [7, 11) is 0. The van der Waals surface area contributed by atoms with Crippen molar-refractivity contribution in [2.24, 2.45) is 5.92 Å². The Morgan fingerprint density at radius 3 is 2.65 bits per heavy atom. The van der Waals surface area contributed by atoms with Gasteiger partial charge in [-0.15, -0.1) is 0 Å². The van der Waals surface area contributed by atoms with Crippen LogP contribution in [0.25, 0.3) is 0 Å². The second kappa shape index (κ2) is 8.09. The molecule has 0 aliphatic carbocycles. The summed E-state index contributed by atoms with van der Waals surface area (Å²) < 4.78 is 5.48. The molecular formula is C14H27N3O3. The van der Waals surface area contributed by atoms with Gasteiger partial charge in [0, 0.05) is 32.7 Å². The minimum atomic E-state index is -0.119. The molecule has 0 saturated carbocycles. The minimum absolute atomic E-state index is 0.0324. The summed E-state index contributed by atoms with van der Waals surface area (Å²) >= 11 is 0. The van der Waals surface area contributed by atoms with E-state index in [1.807, 2.05) is 18.7 Å². The van der Waals surface area contributed by atoms with Crippen molar-refractivity contribution in [2.45, 2.75) is 33.8 Å². The third-order valence-electron chi connectivity index (χ3n) is 3.34. The van der Waals surface area contributed by atoms with Gasteiger partial charge in [-0.1, -0.05) is 13.8 Å². The standard InChI is InChI=1S/C14H27N3O3/c1-5-16(6-2)14(19)15-7-12-9-17(8-11(3)4)13(18)10-20-12/h11-12H,5-10H2,1-4H3,(H,15,19). The summed E-state index contributed by atoms with van der Waals surface area (Å²) in [5, 5.41) is 2.87. The number of morpholine rings is 1. The van der Waals surface area contributed by atoms with E-state index in [2.05, 4.69) is 19.2 Å². The van der Waals surface area contributed by atoms with Crippen molar-refractivity contribution >= 4 is 11.9 Å². The molecule has 3 amide bonds. The zero-order valence-electron chi connectivity index (χ0n) is 13.0. The van der Waals surface area contributed by atoms with Crippen molar-refractivity contribution < 1.29 is 14.3 Å². The first-order valence-electron chi connectivity index (χ1n) is 7.40. The molecule has 0 aromatic rings. The van der Waals surface area contributed by atoms with Gasteiger partial charge in [-0.05, 0) is 19.8 Å². The van der Waals surface area contributed by atoms with Gasteiger partial charge in [-0.2, -0.15) is 0 Å². The molecule has 1 heterocycles. The van der Waals surface area contributed by atoms with Gasteiger partial charge >= 0.3 is 6.03 Å². The van der Waals surface area contributed by atoms with Crippen LogP contribution < -0.4 is 5.32 Å². The molecule has 1 unspecified atom stereocenters. The van der Waals surface area contributed by atoms with Crippen molar-refractivity contribution in [1.82, 2.24) is 15.1 Å². The van der Waals surface area contributed by atoms with E-state index in [1.54, 1.807) is 4.90 Å². The Bertz CT molecular complexity index is 330. The van der Waals surface area contributed by atoms with E-state index in [9.17, 15) is 9.59 Å². The number of nitrogens with zero attached hydrogens (tertiary/aromatic N) is 2. The van der Waals surface area contributed by atoms with Gasteiger partial charge in [0.05, 0.1) is 6.10 Å². The topological polar surface area (TPSA) is 61.9 Å². The maximum Gasteiger partial charge on any atom is 0.317 e. The Hall–Kier alpha value is -1.30. The van der Waals surface area contributed by atoms with E-state index in [0.717, 1.165) is 6.54 Å². The van der Waals surface area contributed by atoms with Crippen LogP contribution in [0, 0.1) is 5.92 Å². The van der Waals surface area contributed by atoms with Gasteiger partial charge in [0.15, 0.2) is 0 Å². The summed E-state index contributed by atoms with van der Waals surface area (Å²) in [6, 6.07) is -0.0779. The van der Waals surface area contributed by atoms with E-state index in [0.29, 0.717) is 32.1 Å². The van der Waals surface area contributed by atoms with Crippen molar-refractivity contribution in [3.63, 3.8) is 0 Å². The first-order chi connectivity index (χ1) is 9.47. The summed E-state index contributed by atoms with van der Waals surface area (Å²) in [5.74, 6) is 0.466. The highest BCUT2D eigenvalue weighted by molar-refractivity contribution is 5.78. The van der Waals surface area contributed by atoms with Gasteiger partial charge in [0.25, 0.3) is 0 Å². The zero-order valence-corrected chi connectivity index (χ0v) is 13.0. The molecule has 1 atom stereocenters. The smallest absolute Gasteiger partial charge is 0.317 e. The van der Waals surface area contributed by atoms with Gasteiger partial charge < -0.3 is 19.9 Å². The first-order valence-corrected chi connectivity index (χ1v) is 7.40. The lowest BCUT2D eigenvalue weighted by atomic mass is 10.1. The summed E-state index contributed by atoms with van der Waals surface area (Å²) in [6.07, 6.45) is -0.119. The number of amides is 3. The fourth-order valence-corrected chi connectivity index (χ4v) is 2.25. The largest absolute Gasteiger partial charge is 0.365 e. The summed E-state index contributed by atoms with van der Waals surface area (Å²) in [4.78, 5) is 27.1. The van der Waals surface area contributed by atoms with Crippen LogP contribution in [-0.2, 0) is 9.53 Å². The molecule has 1 fully saturated rings. The van der Waals surface area contributed by atoms with Gasteiger partial charge in [0.2, 0.25) is 5.91 Å². The predicted octanol–water partition coefficient (Wildman–Crippen LogP) is 0.921. The van der Waals surface area contributed by atoms with E-state index < -0.39 is 0 Å². The third-order valence-corrected chi connectivity index (χ3v) is 3.34. The van der Waals surface area contributed by atoms with E-state index in [-0.39, 0.29) is 24.6 Å². The lowest BCUT2D eigenvalue weighted by Gasteiger charge is -2.34. The average molecular weight is 285 g/mol. The summed E-state index contributed by atoms with van der Waals surface area (Å²) in [6.45, 7) is 11.3. The lowest BCUT2D eigenvalue weighted by molar-refractivity contribution is -0.149. The van der Waals surface area contributed by atoms with Crippen LogP contribution in [0.2, 0.25) is 0 Å². The van der Waals surface area contributed by atoms with Crippen LogP contribution in [0.15, 0.2) is 0 Å². The molecule has 1 aliphatic heterocycles. The van der Waals surface area contributed by atoms with Crippen molar-refractivity contribution in [3.8, 4) is 0 Å². The summed E-state index contributed by atoms with van der Waals surface area (Å²) in [5.41, 5.74) is 0. The molecule has 0 spiro atoms. The van der Waals surface area contributed by atoms with Crippen LogP contribution in [0.1, 0.15) is 27.7 Å². The number of carbonyl (C=O) groups excluding carboxylic acids is 2. The van der Waals surface area contributed by atoms with Gasteiger partial charge in [-0.3, -0.25) is 4.79 Å².